The van der Waals surface area contributed by atoms with Crippen LogP contribution in [0.25, 0.3) is 0 Å². The van der Waals surface area contributed by atoms with Crippen LogP contribution < -0.4 is 15.4 Å². The summed E-state index contributed by atoms with van der Waals surface area (Å²) in [5, 5.41) is 15.7. The number of amides is 2. The van der Waals surface area contributed by atoms with Gasteiger partial charge in [-0.1, -0.05) is 6.07 Å². The van der Waals surface area contributed by atoms with Crippen molar-refractivity contribution >= 4 is 6.03 Å². The Labute approximate surface area is 144 Å². The molecule has 134 valence electrons. The first-order valence-corrected chi connectivity index (χ1v) is 8.60. The Kier molecular flexibility index (Phi) is 6.73. The zero-order valence-corrected chi connectivity index (χ0v) is 14.8. The molecule has 6 nitrogen and oxygen atoms in total. The van der Waals surface area contributed by atoms with Crippen LogP contribution in [0.1, 0.15) is 32.3 Å². The minimum absolute atomic E-state index is 0.0952. The highest BCUT2D eigenvalue weighted by atomic mass is 16.5. The minimum atomic E-state index is -0.0952. The van der Waals surface area contributed by atoms with Crippen LogP contribution in [0.15, 0.2) is 18.2 Å². The Bertz CT molecular complexity index is 548. The number of hydrogen-bond acceptors (Lipinski definition) is 4. The molecular formula is C18H29N3O3. The van der Waals surface area contributed by atoms with E-state index in [1.54, 1.807) is 19.2 Å². The van der Waals surface area contributed by atoms with E-state index in [1.165, 1.54) is 0 Å². The number of carbonyl (C=O) groups is 1. The highest BCUT2D eigenvalue weighted by molar-refractivity contribution is 5.74. The first kappa shape index (κ1) is 18.4. The Morgan fingerprint density at radius 1 is 1.46 bits per heavy atom. The molecule has 2 amide bonds. The molecule has 1 heterocycles. The summed E-state index contributed by atoms with van der Waals surface area (Å²) in [5.74, 6) is 1.13. The van der Waals surface area contributed by atoms with Crippen molar-refractivity contribution < 1.29 is 14.6 Å². The first-order chi connectivity index (χ1) is 11.5. The molecule has 24 heavy (non-hydrogen) atoms. The maximum absolute atomic E-state index is 11.7. The number of methoxy groups -OCH3 is 1. The molecule has 1 aromatic rings. The number of likely N-dealkylation sites (tertiary alicyclic amines) is 1. The van der Waals surface area contributed by atoms with Gasteiger partial charge in [-0.15, -0.1) is 0 Å². The number of urea groups is 1. The van der Waals surface area contributed by atoms with Gasteiger partial charge in [-0.3, -0.25) is 4.90 Å². The third kappa shape index (κ3) is 5.60. The smallest absolute Gasteiger partial charge is 0.314 e. The van der Waals surface area contributed by atoms with Gasteiger partial charge in [0.25, 0.3) is 0 Å². The first-order valence-electron chi connectivity index (χ1n) is 8.60. The number of phenolic OH excluding ortho intramolecular Hbond substituents is 1. The molecule has 0 bridgehead atoms. The minimum Gasteiger partial charge on any atom is -0.504 e. The SMILES string of the molecule is COc1ccc(CN2CCC[C@H](CNC(=O)NC(C)C)C2)cc1O. The van der Waals surface area contributed by atoms with Crippen molar-refractivity contribution in [3.63, 3.8) is 0 Å². The Balaban J connectivity index is 1.82. The molecule has 0 radical (unpaired) electrons. The Hall–Kier alpha value is -1.95. The van der Waals surface area contributed by atoms with Crippen molar-refractivity contribution in [2.45, 2.75) is 39.3 Å². The number of hydrogen-bond donors (Lipinski definition) is 3. The van der Waals surface area contributed by atoms with E-state index < -0.39 is 0 Å². The summed E-state index contributed by atoms with van der Waals surface area (Å²) in [7, 11) is 1.55. The van der Waals surface area contributed by atoms with E-state index in [2.05, 4.69) is 15.5 Å². The van der Waals surface area contributed by atoms with Crippen LogP contribution in [0.2, 0.25) is 0 Å². The van der Waals surface area contributed by atoms with E-state index in [4.69, 9.17) is 4.74 Å². The molecule has 3 N–H and O–H groups in total. The maximum Gasteiger partial charge on any atom is 0.314 e. The molecule has 0 saturated carbocycles. The Morgan fingerprint density at radius 3 is 2.92 bits per heavy atom. The van der Waals surface area contributed by atoms with Gasteiger partial charge in [0.15, 0.2) is 11.5 Å². The van der Waals surface area contributed by atoms with Crippen LogP contribution in [0.4, 0.5) is 4.79 Å². The fourth-order valence-corrected chi connectivity index (χ4v) is 3.10. The van der Waals surface area contributed by atoms with E-state index in [-0.39, 0.29) is 17.8 Å². The molecule has 6 heteroatoms. The number of nitrogens with zero attached hydrogens (tertiary/aromatic N) is 1. The average molecular weight is 335 g/mol. The van der Waals surface area contributed by atoms with E-state index in [0.29, 0.717) is 18.2 Å². The number of benzene rings is 1. The molecule has 0 unspecified atom stereocenters. The number of carbonyl (C=O) groups excluding carboxylic acids is 1. The standard InChI is InChI=1S/C18H29N3O3/c1-13(2)20-18(23)19-10-15-5-4-8-21(12-15)11-14-6-7-17(24-3)16(22)9-14/h6-7,9,13,15,22H,4-5,8,10-12H2,1-3H3,(H2,19,20,23)/t15-/m1/s1. The van der Waals surface area contributed by atoms with E-state index in [9.17, 15) is 9.90 Å². The summed E-state index contributed by atoms with van der Waals surface area (Å²) in [6.07, 6.45) is 2.26. The highest BCUT2D eigenvalue weighted by Gasteiger charge is 2.21. The van der Waals surface area contributed by atoms with Gasteiger partial charge in [0.05, 0.1) is 7.11 Å². The van der Waals surface area contributed by atoms with Gasteiger partial charge in [0.2, 0.25) is 0 Å². The second-order valence-electron chi connectivity index (χ2n) is 6.76. The topological polar surface area (TPSA) is 73.8 Å². The van der Waals surface area contributed by atoms with Crippen molar-refractivity contribution in [2.24, 2.45) is 5.92 Å². The van der Waals surface area contributed by atoms with Gasteiger partial charge in [-0.25, -0.2) is 4.79 Å². The third-order valence-corrected chi connectivity index (χ3v) is 4.22. The van der Waals surface area contributed by atoms with Crippen LogP contribution in [0.5, 0.6) is 11.5 Å². The number of nitrogens with one attached hydrogen (secondary N) is 2. The third-order valence-electron chi connectivity index (χ3n) is 4.22. The quantitative estimate of drug-likeness (QED) is 0.746. The zero-order chi connectivity index (χ0) is 17.5. The predicted molar refractivity (Wildman–Crippen MR) is 94.3 cm³/mol. The molecule has 0 aliphatic carbocycles. The fourth-order valence-electron chi connectivity index (χ4n) is 3.10. The van der Waals surface area contributed by atoms with E-state index >= 15 is 0 Å². The average Bonchev–Trinajstić information content (AvgIpc) is 2.53. The molecule has 1 atom stereocenters. The molecule has 1 aliphatic rings. The van der Waals surface area contributed by atoms with Gasteiger partial charge < -0.3 is 20.5 Å². The second-order valence-corrected chi connectivity index (χ2v) is 6.76. The fraction of sp³-hybridized carbons (Fsp3) is 0.611. The predicted octanol–water partition coefficient (Wildman–Crippen LogP) is 2.32. The molecule has 1 saturated heterocycles. The number of rotatable bonds is 6. The van der Waals surface area contributed by atoms with Crippen molar-refractivity contribution in [2.75, 3.05) is 26.7 Å². The van der Waals surface area contributed by atoms with Crippen LogP contribution >= 0.6 is 0 Å². The van der Waals surface area contributed by atoms with Crippen molar-refractivity contribution in [3.05, 3.63) is 23.8 Å². The van der Waals surface area contributed by atoms with E-state index in [1.807, 2.05) is 19.9 Å². The molecule has 1 aliphatic heterocycles. The second kappa shape index (κ2) is 8.78. The van der Waals surface area contributed by atoms with Crippen molar-refractivity contribution in [3.8, 4) is 11.5 Å². The molecule has 1 fully saturated rings. The van der Waals surface area contributed by atoms with Crippen LogP contribution in [-0.2, 0) is 6.54 Å². The normalized spacial score (nSPS) is 18.4. The van der Waals surface area contributed by atoms with Gasteiger partial charge in [-0.05, 0) is 56.8 Å². The summed E-state index contributed by atoms with van der Waals surface area (Å²) in [5.41, 5.74) is 1.07. The van der Waals surface area contributed by atoms with Crippen LogP contribution in [0, 0.1) is 5.92 Å². The Morgan fingerprint density at radius 2 is 2.25 bits per heavy atom. The lowest BCUT2D eigenvalue weighted by Gasteiger charge is -2.33. The maximum atomic E-state index is 11.7. The summed E-state index contributed by atoms with van der Waals surface area (Å²) in [6.45, 7) is 7.39. The molecule has 0 aromatic heterocycles. The van der Waals surface area contributed by atoms with Crippen LogP contribution in [0.3, 0.4) is 0 Å². The van der Waals surface area contributed by atoms with E-state index in [0.717, 1.165) is 38.0 Å². The van der Waals surface area contributed by atoms with Crippen molar-refractivity contribution in [1.29, 1.82) is 0 Å². The molecule has 2 rings (SSSR count). The van der Waals surface area contributed by atoms with Gasteiger partial charge in [0, 0.05) is 25.7 Å². The van der Waals surface area contributed by atoms with Gasteiger partial charge in [0.1, 0.15) is 0 Å². The summed E-state index contributed by atoms with van der Waals surface area (Å²) < 4.78 is 5.08. The largest absolute Gasteiger partial charge is 0.504 e. The lowest BCUT2D eigenvalue weighted by Crippen LogP contribution is -2.45. The van der Waals surface area contributed by atoms with Gasteiger partial charge >= 0.3 is 6.03 Å². The van der Waals surface area contributed by atoms with Crippen LogP contribution in [-0.4, -0.2) is 48.8 Å². The lowest BCUT2D eigenvalue weighted by atomic mass is 9.97. The zero-order valence-electron chi connectivity index (χ0n) is 14.8. The molecule has 0 spiro atoms. The van der Waals surface area contributed by atoms with Crippen molar-refractivity contribution in [1.82, 2.24) is 15.5 Å². The molecular weight excluding hydrogens is 306 g/mol. The number of ether oxygens (including phenoxy) is 1. The summed E-state index contributed by atoms with van der Waals surface area (Å²) in [4.78, 5) is 14.1. The monoisotopic (exact) mass is 335 g/mol. The molecule has 1 aromatic carbocycles. The number of phenols is 1. The summed E-state index contributed by atoms with van der Waals surface area (Å²) >= 11 is 0. The highest BCUT2D eigenvalue weighted by Crippen LogP contribution is 2.27. The number of piperidine rings is 1. The number of aromatic hydroxyl groups is 1. The summed E-state index contributed by atoms with van der Waals surface area (Å²) in [6, 6.07) is 5.59. The lowest BCUT2D eigenvalue weighted by molar-refractivity contribution is 0.165. The van der Waals surface area contributed by atoms with Gasteiger partial charge in [-0.2, -0.15) is 0 Å².